The second-order valence-corrected chi connectivity index (χ2v) is 4.20. The third-order valence-corrected chi connectivity index (χ3v) is 2.99. The molecule has 0 saturated heterocycles. The zero-order valence-electron chi connectivity index (χ0n) is 9.68. The fourth-order valence-corrected chi connectivity index (χ4v) is 1.91. The van der Waals surface area contributed by atoms with Crippen molar-refractivity contribution in [2.24, 2.45) is 0 Å². The van der Waals surface area contributed by atoms with Gasteiger partial charge in [-0.1, -0.05) is 49.4 Å². The number of halogens is 1. The van der Waals surface area contributed by atoms with Gasteiger partial charge in [-0.15, -0.1) is 0 Å². The van der Waals surface area contributed by atoms with Gasteiger partial charge in [-0.05, 0) is 23.3 Å². The largest absolute Gasteiger partial charge is 0.388 e. The lowest BCUT2D eigenvalue weighted by atomic mass is 9.91. The zero-order chi connectivity index (χ0) is 12.3. The predicted octanol–water partition coefficient (Wildman–Crippen LogP) is 3.66. The maximum atomic E-state index is 13.1. The minimum absolute atomic E-state index is 0.131. The summed E-state index contributed by atoms with van der Waals surface area (Å²) in [5, 5.41) is 10.2. The van der Waals surface area contributed by atoms with Crippen LogP contribution < -0.4 is 0 Å². The van der Waals surface area contributed by atoms with Crippen molar-refractivity contribution < 1.29 is 9.50 Å². The molecule has 1 nitrogen and oxygen atoms in total. The van der Waals surface area contributed by atoms with E-state index < -0.39 is 6.10 Å². The molecule has 2 aromatic rings. The van der Waals surface area contributed by atoms with Crippen molar-refractivity contribution in [2.45, 2.75) is 18.9 Å². The van der Waals surface area contributed by atoms with Crippen LogP contribution in [0.1, 0.15) is 30.1 Å². The highest BCUT2D eigenvalue weighted by Gasteiger charge is 2.18. The van der Waals surface area contributed by atoms with Gasteiger partial charge in [0.05, 0.1) is 6.10 Å². The van der Waals surface area contributed by atoms with Crippen LogP contribution >= 0.6 is 0 Å². The lowest BCUT2D eigenvalue weighted by Crippen LogP contribution is -2.07. The monoisotopic (exact) mass is 230 g/mol. The van der Waals surface area contributed by atoms with Gasteiger partial charge in [0.2, 0.25) is 0 Å². The molecule has 1 unspecified atom stereocenters. The summed E-state index contributed by atoms with van der Waals surface area (Å²) in [6.07, 6.45) is -0.613. The standard InChI is InChI=1S/C15H15FO/c1-11(13-8-5-9-14(16)10-13)15(17)12-6-3-2-4-7-12/h2-11,15,17H,1H3/t11?,15-/m1/s1. The van der Waals surface area contributed by atoms with E-state index in [4.69, 9.17) is 0 Å². The molecule has 0 radical (unpaired) electrons. The van der Waals surface area contributed by atoms with Crippen LogP contribution in [0, 0.1) is 5.82 Å². The van der Waals surface area contributed by atoms with Crippen LogP contribution in [0.15, 0.2) is 54.6 Å². The first-order valence-corrected chi connectivity index (χ1v) is 5.67. The summed E-state index contributed by atoms with van der Waals surface area (Å²) in [6, 6.07) is 15.8. The van der Waals surface area contributed by atoms with Gasteiger partial charge < -0.3 is 5.11 Å². The second-order valence-electron chi connectivity index (χ2n) is 4.20. The van der Waals surface area contributed by atoms with Crippen LogP contribution in [-0.4, -0.2) is 5.11 Å². The topological polar surface area (TPSA) is 20.2 Å². The van der Waals surface area contributed by atoms with Gasteiger partial charge >= 0.3 is 0 Å². The summed E-state index contributed by atoms with van der Waals surface area (Å²) < 4.78 is 13.1. The summed E-state index contributed by atoms with van der Waals surface area (Å²) in [5.41, 5.74) is 1.66. The third-order valence-electron chi connectivity index (χ3n) is 2.99. The van der Waals surface area contributed by atoms with Crippen molar-refractivity contribution in [1.29, 1.82) is 0 Å². The maximum absolute atomic E-state index is 13.1. The van der Waals surface area contributed by atoms with E-state index in [-0.39, 0.29) is 11.7 Å². The average Bonchev–Trinajstić information content (AvgIpc) is 2.38. The second kappa shape index (κ2) is 5.11. The molecule has 17 heavy (non-hydrogen) atoms. The van der Waals surface area contributed by atoms with E-state index in [2.05, 4.69) is 0 Å². The molecule has 2 heteroatoms. The molecular weight excluding hydrogens is 215 g/mol. The first-order chi connectivity index (χ1) is 8.18. The molecule has 0 saturated carbocycles. The van der Waals surface area contributed by atoms with Crippen LogP contribution in [0.5, 0.6) is 0 Å². The van der Waals surface area contributed by atoms with E-state index in [0.717, 1.165) is 11.1 Å². The molecule has 0 amide bonds. The molecule has 0 aliphatic carbocycles. The van der Waals surface area contributed by atoms with Crippen LogP contribution in [0.3, 0.4) is 0 Å². The minimum atomic E-state index is -0.613. The Labute approximate surface area is 101 Å². The molecule has 0 aliphatic heterocycles. The number of benzene rings is 2. The van der Waals surface area contributed by atoms with Crippen LogP contribution in [0.4, 0.5) is 4.39 Å². The molecule has 88 valence electrons. The minimum Gasteiger partial charge on any atom is -0.388 e. The molecule has 0 spiro atoms. The Balaban J connectivity index is 2.23. The van der Waals surface area contributed by atoms with Crippen LogP contribution in [0.25, 0.3) is 0 Å². The van der Waals surface area contributed by atoms with Crippen molar-refractivity contribution >= 4 is 0 Å². The molecule has 0 fully saturated rings. The van der Waals surface area contributed by atoms with E-state index in [1.807, 2.05) is 43.3 Å². The highest BCUT2D eigenvalue weighted by atomic mass is 19.1. The van der Waals surface area contributed by atoms with Gasteiger partial charge in [0, 0.05) is 5.92 Å². The summed E-state index contributed by atoms with van der Waals surface area (Å²) in [6.45, 7) is 1.90. The summed E-state index contributed by atoms with van der Waals surface area (Å²) >= 11 is 0. The first kappa shape index (κ1) is 11.8. The van der Waals surface area contributed by atoms with E-state index in [1.165, 1.54) is 12.1 Å². The summed E-state index contributed by atoms with van der Waals surface area (Å²) in [7, 11) is 0. The average molecular weight is 230 g/mol. The molecule has 0 bridgehead atoms. The normalized spacial score (nSPS) is 14.3. The van der Waals surface area contributed by atoms with Gasteiger partial charge in [-0.25, -0.2) is 4.39 Å². The Morgan fingerprint density at radius 3 is 2.24 bits per heavy atom. The number of rotatable bonds is 3. The molecule has 2 aromatic carbocycles. The lowest BCUT2D eigenvalue weighted by molar-refractivity contribution is 0.151. The van der Waals surface area contributed by atoms with Crippen molar-refractivity contribution in [2.75, 3.05) is 0 Å². The fraction of sp³-hybridized carbons (Fsp3) is 0.200. The summed E-state index contributed by atoms with van der Waals surface area (Å²) in [4.78, 5) is 0. The number of aliphatic hydroxyl groups is 1. The molecule has 2 rings (SSSR count). The van der Waals surface area contributed by atoms with E-state index in [0.29, 0.717) is 0 Å². The first-order valence-electron chi connectivity index (χ1n) is 5.67. The lowest BCUT2D eigenvalue weighted by Gasteiger charge is -2.19. The van der Waals surface area contributed by atoms with Crippen LogP contribution in [-0.2, 0) is 0 Å². The molecule has 0 aromatic heterocycles. The number of hydrogen-bond donors (Lipinski definition) is 1. The zero-order valence-corrected chi connectivity index (χ0v) is 9.68. The Morgan fingerprint density at radius 1 is 0.941 bits per heavy atom. The van der Waals surface area contributed by atoms with Crippen molar-refractivity contribution in [3.05, 3.63) is 71.5 Å². The van der Waals surface area contributed by atoms with Crippen molar-refractivity contribution in [3.63, 3.8) is 0 Å². The highest BCUT2D eigenvalue weighted by molar-refractivity contribution is 5.26. The van der Waals surface area contributed by atoms with Crippen molar-refractivity contribution in [1.82, 2.24) is 0 Å². The van der Waals surface area contributed by atoms with Gasteiger partial charge in [-0.2, -0.15) is 0 Å². The molecule has 1 N–H and O–H groups in total. The van der Waals surface area contributed by atoms with Gasteiger partial charge in [0.15, 0.2) is 0 Å². The Morgan fingerprint density at radius 2 is 1.59 bits per heavy atom. The van der Waals surface area contributed by atoms with Crippen molar-refractivity contribution in [3.8, 4) is 0 Å². The smallest absolute Gasteiger partial charge is 0.123 e. The summed E-state index contributed by atoms with van der Waals surface area (Å²) in [5.74, 6) is -0.400. The highest BCUT2D eigenvalue weighted by Crippen LogP contribution is 2.30. The number of hydrogen-bond acceptors (Lipinski definition) is 1. The van der Waals surface area contributed by atoms with E-state index in [9.17, 15) is 9.50 Å². The number of aliphatic hydroxyl groups excluding tert-OH is 1. The van der Waals surface area contributed by atoms with Gasteiger partial charge in [0.25, 0.3) is 0 Å². The Kier molecular flexibility index (Phi) is 3.55. The quantitative estimate of drug-likeness (QED) is 0.853. The Bertz CT molecular complexity index is 481. The van der Waals surface area contributed by atoms with Gasteiger partial charge in [0.1, 0.15) is 5.82 Å². The van der Waals surface area contributed by atoms with Crippen LogP contribution in [0.2, 0.25) is 0 Å². The molecule has 2 atom stereocenters. The molecule has 0 aliphatic rings. The third kappa shape index (κ3) is 2.71. The Hall–Kier alpha value is -1.67. The fourth-order valence-electron chi connectivity index (χ4n) is 1.91. The van der Waals surface area contributed by atoms with E-state index in [1.54, 1.807) is 6.07 Å². The van der Waals surface area contributed by atoms with E-state index >= 15 is 0 Å². The molecular formula is C15H15FO. The maximum Gasteiger partial charge on any atom is 0.123 e. The molecule has 0 heterocycles. The predicted molar refractivity (Wildman–Crippen MR) is 66.2 cm³/mol. The SMILES string of the molecule is CC(c1cccc(F)c1)[C@@H](O)c1ccccc1. The van der Waals surface area contributed by atoms with Gasteiger partial charge in [-0.3, -0.25) is 0 Å².